The summed E-state index contributed by atoms with van der Waals surface area (Å²) >= 11 is 0. The zero-order chi connectivity index (χ0) is 13.1. The van der Waals surface area contributed by atoms with Gasteiger partial charge in [-0.15, -0.1) is 0 Å². The molecule has 0 unspecified atom stereocenters. The van der Waals surface area contributed by atoms with Gasteiger partial charge < -0.3 is 18.9 Å². The number of aromatic nitrogens is 1. The fraction of sp³-hybridized carbons (Fsp3) is 0.308. The van der Waals surface area contributed by atoms with Crippen molar-refractivity contribution in [2.24, 2.45) is 0 Å². The smallest absolute Gasteiger partial charge is 0.217 e. The third-order valence-electron chi connectivity index (χ3n) is 1.86. The van der Waals surface area contributed by atoms with E-state index < -0.39 is 0 Å². The van der Waals surface area contributed by atoms with Crippen LogP contribution in [-0.4, -0.2) is 31.4 Å². The van der Waals surface area contributed by atoms with Crippen LogP contribution in [-0.2, 0) is 9.47 Å². The van der Waals surface area contributed by atoms with Gasteiger partial charge in [0.1, 0.15) is 32.2 Å². The topological polar surface area (TPSA) is 49.8 Å². The molecule has 0 bridgehead atoms. The van der Waals surface area contributed by atoms with Gasteiger partial charge in [-0.05, 0) is 6.07 Å². The summed E-state index contributed by atoms with van der Waals surface area (Å²) in [7, 11) is 0. The normalized spacial score (nSPS) is 9.33. The van der Waals surface area contributed by atoms with Crippen LogP contribution in [0.2, 0.25) is 0 Å². The quantitative estimate of drug-likeness (QED) is 0.471. The van der Waals surface area contributed by atoms with Gasteiger partial charge in [-0.2, -0.15) is 0 Å². The molecule has 1 heterocycles. The Hall–Kier alpha value is -2.17. The summed E-state index contributed by atoms with van der Waals surface area (Å²) in [4.78, 5) is 4.05. The zero-order valence-electron chi connectivity index (χ0n) is 10.2. The molecule has 18 heavy (non-hydrogen) atoms. The first-order valence-corrected chi connectivity index (χ1v) is 5.53. The van der Waals surface area contributed by atoms with Crippen molar-refractivity contribution >= 4 is 0 Å². The highest BCUT2D eigenvalue weighted by atomic mass is 16.5. The Labute approximate surface area is 107 Å². The fourth-order valence-corrected chi connectivity index (χ4v) is 1.13. The van der Waals surface area contributed by atoms with Crippen LogP contribution in [0.25, 0.3) is 0 Å². The number of pyridine rings is 1. The van der Waals surface area contributed by atoms with Crippen LogP contribution in [0, 0.1) is 0 Å². The summed E-state index contributed by atoms with van der Waals surface area (Å²) in [5.41, 5.74) is 0. The van der Waals surface area contributed by atoms with Crippen LogP contribution >= 0.6 is 0 Å². The lowest BCUT2D eigenvalue weighted by atomic mass is 10.4. The molecule has 0 N–H and O–H groups in total. The van der Waals surface area contributed by atoms with Crippen molar-refractivity contribution in [2.75, 3.05) is 26.4 Å². The second-order valence-corrected chi connectivity index (χ2v) is 3.10. The minimum absolute atomic E-state index is 0.405. The monoisotopic (exact) mass is 251 g/mol. The summed E-state index contributed by atoms with van der Waals surface area (Å²) in [6.07, 6.45) is 4.37. The molecular weight excluding hydrogens is 234 g/mol. The SMILES string of the molecule is C=COCCOc1ccnc(OCCOC=C)c1. The highest BCUT2D eigenvalue weighted by molar-refractivity contribution is 5.26. The van der Waals surface area contributed by atoms with Crippen LogP contribution in [0.1, 0.15) is 0 Å². The van der Waals surface area contributed by atoms with Crippen LogP contribution in [0.5, 0.6) is 11.6 Å². The maximum absolute atomic E-state index is 5.44. The lowest BCUT2D eigenvalue weighted by Gasteiger charge is -2.08. The predicted molar refractivity (Wildman–Crippen MR) is 67.5 cm³/mol. The minimum atomic E-state index is 0.405. The van der Waals surface area contributed by atoms with Crippen molar-refractivity contribution in [3.8, 4) is 11.6 Å². The van der Waals surface area contributed by atoms with Gasteiger partial charge in [0.05, 0.1) is 12.5 Å². The zero-order valence-corrected chi connectivity index (χ0v) is 10.2. The average Bonchev–Trinajstić information content (AvgIpc) is 2.40. The Morgan fingerprint density at radius 1 is 1.00 bits per heavy atom. The Bertz CT molecular complexity index is 337. The third kappa shape index (κ3) is 5.79. The number of ether oxygens (including phenoxy) is 4. The molecular formula is C13H17NO4. The molecule has 0 radical (unpaired) electrons. The summed E-state index contributed by atoms with van der Waals surface area (Å²) in [6, 6.07) is 3.46. The third-order valence-corrected chi connectivity index (χ3v) is 1.86. The van der Waals surface area contributed by atoms with Gasteiger partial charge in [0.15, 0.2) is 0 Å². The van der Waals surface area contributed by atoms with E-state index in [1.54, 1.807) is 18.3 Å². The van der Waals surface area contributed by atoms with Crippen LogP contribution in [0.15, 0.2) is 44.0 Å². The molecule has 0 atom stereocenters. The van der Waals surface area contributed by atoms with Gasteiger partial charge in [0, 0.05) is 12.3 Å². The second kappa shape index (κ2) is 8.92. The molecule has 0 fully saturated rings. The minimum Gasteiger partial charge on any atom is -0.498 e. The number of hydrogen-bond acceptors (Lipinski definition) is 5. The van der Waals surface area contributed by atoms with Gasteiger partial charge >= 0.3 is 0 Å². The van der Waals surface area contributed by atoms with E-state index in [0.29, 0.717) is 38.1 Å². The molecule has 1 aromatic heterocycles. The van der Waals surface area contributed by atoms with E-state index in [-0.39, 0.29) is 0 Å². The van der Waals surface area contributed by atoms with Crippen molar-refractivity contribution in [1.82, 2.24) is 4.98 Å². The molecule has 0 aliphatic heterocycles. The average molecular weight is 251 g/mol. The molecule has 0 aliphatic carbocycles. The van der Waals surface area contributed by atoms with Gasteiger partial charge in [-0.3, -0.25) is 0 Å². The lowest BCUT2D eigenvalue weighted by Crippen LogP contribution is -2.06. The van der Waals surface area contributed by atoms with E-state index in [2.05, 4.69) is 18.1 Å². The van der Waals surface area contributed by atoms with E-state index in [4.69, 9.17) is 18.9 Å². The first-order valence-electron chi connectivity index (χ1n) is 5.53. The largest absolute Gasteiger partial charge is 0.498 e. The highest BCUT2D eigenvalue weighted by Gasteiger charge is 1.99. The molecule has 1 rings (SSSR count). The molecule has 0 saturated carbocycles. The van der Waals surface area contributed by atoms with Crippen molar-refractivity contribution in [3.05, 3.63) is 44.0 Å². The maximum Gasteiger partial charge on any atom is 0.217 e. The van der Waals surface area contributed by atoms with Crippen LogP contribution < -0.4 is 9.47 Å². The number of nitrogens with zero attached hydrogens (tertiary/aromatic N) is 1. The highest BCUT2D eigenvalue weighted by Crippen LogP contribution is 2.16. The Balaban J connectivity index is 2.31. The van der Waals surface area contributed by atoms with Crippen molar-refractivity contribution in [2.45, 2.75) is 0 Å². The molecule has 5 heteroatoms. The summed E-state index contributed by atoms with van der Waals surface area (Å²) in [5.74, 6) is 1.17. The predicted octanol–water partition coefficient (Wildman–Crippen LogP) is 2.16. The molecule has 5 nitrogen and oxygen atoms in total. The van der Waals surface area contributed by atoms with Crippen LogP contribution in [0.3, 0.4) is 0 Å². The van der Waals surface area contributed by atoms with Crippen molar-refractivity contribution in [1.29, 1.82) is 0 Å². The molecule has 0 saturated heterocycles. The van der Waals surface area contributed by atoms with Gasteiger partial charge in [0.2, 0.25) is 5.88 Å². The van der Waals surface area contributed by atoms with Crippen molar-refractivity contribution < 1.29 is 18.9 Å². The Morgan fingerprint density at radius 2 is 1.67 bits per heavy atom. The maximum atomic E-state index is 5.44. The lowest BCUT2D eigenvalue weighted by molar-refractivity contribution is 0.171. The van der Waals surface area contributed by atoms with E-state index in [9.17, 15) is 0 Å². The molecule has 1 aromatic rings. The van der Waals surface area contributed by atoms with E-state index in [1.807, 2.05) is 0 Å². The summed E-state index contributed by atoms with van der Waals surface area (Å²) in [5, 5.41) is 0. The van der Waals surface area contributed by atoms with Gasteiger partial charge in [-0.1, -0.05) is 13.2 Å². The van der Waals surface area contributed by atoms with E-state index in [1.165, 1.54) is 12.5 Å². The second-order valence-electron chi connectivity index (χ2n) is 3.10. The standard InChI is InChI=1S/C13H17NO4/c1-3-15-7-9-17-12-5-6-14-13(11-12)18-10-8-16-4-2/h3-6,11H,1-2,7-10H2. The van der Waals surface area contributed by atoms with Crippen molar-refractivity contribution in [3.63, 3.8) is 0 Å². The Morgan fingerprint density at radius 3 is 2.33 bits per heavy atom. The first-order chi connectivity index (χ1) is 8.86. The Kier molecular flexibility index (Phi) is 6.89. The summed E-state index contributed by atoms with van der Waals surface area (Å²) in [6.45, 7) is 8.61. The molecule has 0 aromatic carbocycles. The molecule has 0 aliphatic rings. The fourth-order valence-electron chi connectivity index (χ4n) is 1.13. The number of hydrogen-bond donors (Lipinski definition) is 0. The van der Waals surface area contributed by atoms with Gasteiger partial charge in [-0.25, -0.2) is 4.98 Å². The molecule has 0 spiro atoms. The summed E-state index contributed by atoms with van der Waals surface area (Å²) < 4.78 is 20.7. The molecule has 0 amide bonds. The van der Waals surface area contributed by atoms with Crippen LogP contribution in [0.4, 0.5) is 0 Å². The van der Waals surface area contributed by atoms with E-state index >= 15 is 0 Å². The van der Waals surface area contributed by atoms with Gasteiger partial charge in [0.25, 0.3) is 0 Å². The number of rotatable bonds is 10. The van der Waals surface area contributed by atoms with E-state index in [0.717, 1.165) is 0 Å². The molecule has 98 valence electrons. The first kappa shape index (κ1) is 13.9.